The highest BCUT2D eigenvalue weighted by molar-refractivity contribution is 6.43. The molecule has 9 nitrogen and oxygen atoms in total. The number of amides is 1. The Morgan fingerprint density at radius 3 is 2.96 bits per heavy atom. The van der Waals surface area contributed by atoms with Gasteiger partial charge in [0.1, 0.15) is 18.1 Å². The summed E-state index contributed by atoms with van der Waals surface area (Å²) in [4.78, 5) is 11.7. The van der Waals surface area contributed by atoms with E-state index in [9.17, 15) is 4.79 Å². The first-order valence-corrected chi connectivity index (χ1v) is 7.68. The predicted octanol–water partition coefficient (Wildman–Crippen LogP) is 1.97. The van der Waals surface area contributed by atoms with Crippen LogP contribution in [0, 0.1) is 0 Å². The number of benzene rings is 1. The molecule has 0 aliphatic carbocycles. The maximum Gasteiger partial charge on any atom is 0.261 e. The van der Waals surface area contributed by atoms with Crippen molar-refractivity contribution in [2.45, 2.75) is 6.54 Å². The van der Waals surface area contributed by atoms with Gasteiger partial charge in [-0.1, -0.05) is 34.4 Å². The summed E-state index contributed by atoms with van der Waals surface area (Å²) in [6.07, 6.45) is 1.35. The summed E-state index contributed by atoms with van der Waals surface area (Å²) in [6.45, 7) is -0.155. The van der Waals surface area contributed by atoms with Crippen molar-refractivity contribution in [1.29, 1.82) is 0 Å². The van der Waals surface area contributed by atoms with Gasteiger partial charge in [-0.25, -0.2) is 10.1 Å². The molecule has 0 bridgehead atoms. The number of carbonyl (C=O) groups is 1. The fourth-order valence-electron chi connectivity index (χ4n) is 1.92. The largest absolute Gasteiger partial charge is 0.455 e. The topological polar surface area (TPSA) is 124 Å². The highest BCUT2D eigenvalue weighted by Crippen LogP contribution is 2.34. The number of nitrogens with two attached hydrogens (primary N) is 1. The molecule has 128 valence electrons. The monoisotopic (exact) mass is 379 g/mol. The number of hydrazone groups is 1. The highest BCUT2D eigenvalue weighted by Gasteiger charge is 2.10. The van der Waals surface area contributed by atoms with E-state index in [1.807, 2.05) is 0 Å². The van der Waals surface area contributed by atoms with Crippen LogP contribution < -0.4 is 11.2 Å². The molecule has 0 radical (unpaired) electrons. The zero-order valence-corrected chi connectivity index (χ0v) is 14.1. The number of anilines is 1. The van der Waals surface area contributed by atoms with Gasteiger partial charge < -0.3 is 10.2 Å². The summed E-state index contributed by atoms with van der Waals surface area (Å²) in [5, 5.41) is 15.0. The van der Waals surface area contributed by atoms with Gasteiger partial charge in [-0.2, -0.15) is 5.10 Å². The van der Waals surface area contributed by atoms with Crippen LogP contribution in [-0.4, -0.2) is 32.3 Å². The molecule has 0 saturated carbocycles. The number of furan rings is 1. The molecule has 0 fully saturated rings. The van der Waals surface area contributed by atoms with Crippen molar-refractivity contribution in [3.8, 4) is 11.3 Å². The zero-order valence-electron chi connectivity index (χ0n) is 12.6. The summed E-state index contributed by atoms with van der Waals surface area (Å²) in [6, 6.07) is 8.65. The first-order chi connectivity index (χ1) is 12.0. The van der Waals surface area contributed by atoms with Crippen LogP contribution in [0.5, 0.6) is 0 Å². The summed E-state index contributed by atoms with van der Waals surface area (Å²) in [5.41, 5.74) is 8.44. The van der Waals surface area contributed by atoms with E-state index < -0.39 is 5.91 Å². The van der Waals surface area contributed by atoms with E-state index in [4.69, 9.17) is 33.4 Å². The van der Waals surface area contributed by atoms with E-state index in [0.717, 1.165) is 4.68 Å². The van der Waals surface area contributed by atoms with Crippen LogP contribution in [0.4, 0.5) is 5.95 Å². The summed E-state index contributed by atoms with van der Waals surface area (Å²) < 4.78 is 6.75. The third-order valence-corrected chi connectivity index (χ3v) is 3.90. The molecular formula is C14H11Cl2N7O2. The average Bonchev–Trinajstić information content (AvgIpc) is 3.20. The van der Waals surface area contributed by atoms with E-state index >= 15 is 0 Å². The van der Waals surface area contributed by atoms with Gasteiger partial charge in [-0.15, -0.1) is 0 Å². The van der Waals surface area contributed by atoms with E-state index in [-0.39, 0.29) is 12.5 Å². The van der Waals surface area contributed by atoms with Crippen molar-refractivity contribution < 1.29 is 9.21 Å². The Morgan fingerprint density at radius 1 is 1.36 bits per heavy atom. The molecule has 0 aliphatic rings. The molecule has 11 heteroatoms. The summed E-state index contributed by atoms with van der Waals surface area (Å²) in [7, 11) is 0. The Hall–Kier alpha value is -2.91. The quantitative estimate of drug-likeness (QED) is 0.515. The summed E-state index contributed by atoms with van der Waals surface area (Å²) in [5.74, 6) is 0.545. The van der Waals surface area contributed by atoms with Gasteiger partial charge in [0.25, 0.3) is 5.91 Å². The first kappa shape index (κ1) is 16.9. The molecule has 0 saturated heterocycles. The molecule has 25 heavy (non-hydrogen) atoms. The van der Waals surface area contributed by atoms with Gasteiger partial charge in [-0.05, 0) is 34.7 Å². The number of carbonyl (C=O) groups excluding carboxylic acids is 1. The normalized spacial score (nSPS) is 11.1. The Labute approximate surface area is 151 Å². The molecule has 3 aromatic rings. The van der Waals surface area contributed by atoms with Crippen LogP contribution in [0.15, 0.2) is 39.9 Å². The molecule has 0 atom stereocenters. The molecule has 3 rings (SSSR count). The van der Waals surface area contributed by atoms with Gasteiger partial charge in [0, 0.05) is 5.56 Å². The van der Waals surface area contributed by atoms with Crippen molar-refractivity contribution in [3.05, 3.63) is 46.1 Å². The van der Waals surface area contributed by atoms with Crippen LogP contribution in [0.1, 0.15) is 5.76 Å². The van der Waals surface area contributed by atoms with E-state index in [2.05, 4.69) is 26.1 Å². The lowest BCUT2D eigenvalue weighted by molar-refractivity contribution is -0.121. The van der Waals surface area contributed by atoms with Gasteiger partial charge >= 0.3 is 0 Å². The zero-order chi connectivity index (χ0) is 17.8. The van der Waals surface area contributed by atoms with E-state index in [1.54, 1.807) is 30.3 Å². The van der Waals surface area contributed by atoms with Crippen LogP contribution in [0.25, 0.3) is 11.3 Å². The number of tetrazole rings is 1. The second-order valence-corrected chi connectivity index (χ2v) is 5.58. The minimum atomic E-state index is -0.445. The van der Waals surface area contributed by atoms with E-state index in [1.165, 1.54) is 6.21 Å². The second kappa shape index (κ2) is 7.32. The maximum atomic E-state index is 11.7. The maximum absolute atomic E-state index is 11.7. The molecule has 2 aromatic heterocycles. The minimum Gasteiger partial charge on any atom is -0.455 e. The lowest BCUT2D eigenvalue weighted by atomic mass is 10.2. The average molecular weight is 380 g/mol. The smallest absolute Gasteiger partial charge is 0.261 e. The van der Waals surface area contributed by atoms with Gasteiger partial charge in [0.05, 0.1) is 16.3 Å². The Balaban J connectivity index is 1.63. The van der Waals surface area contributed by atoms with Crippen LogP contribution in [0.2, 0.25) is 10.0 Å². The lowest BCUT2D eigenvalue weighted by Crippen LogP contribution is -2.24. The van der Waals surface area contributed by atoms with Gasteiger partial charge in [-0.3, -0.25) is 4.79 Å². The van der Waals surface area contributed by atoms with Crippen LogP contribution in [-0.2, 0) is 11.3 Å². The molecular weight excluding hydrogens is 369 g/mol. The fourth-order valence-corrected chi connectivity index (χ4v) is 2.32. The van der Waals surface area contributed by atoms with Crippen LogP contribution >= 0.6 is 23.2 Å². The number of rotatable bonds is 5. The first-order valence-electron chi connectivity index (χ1n) is 6.92. The van der Waals surface area contributed by atoms with Gasteiger partial charge in [0.2, 0.25) is 5.95 Å². The van der Waals surface area contributed by atoms with Crippen molar-refractivity contribution in [3.63, 3.8) is 0 Å². The molecule has 1 aromatic carbocycles. The third kappa shape index (κ3) is 3.95. The molecule has 3 N–H and O–H groups in total. The number of hydrogen-bond acceptors (Lipinski definition) is 7. The Kier molecular flexibility index (Phi) is 4.96. The predicted molar refractivity (Wildman–Crippen MR) is 92.1 cm³/mol. The van der Waals surface area contributed by atoms with Crippen molar-refractivity contribution in [1.82, 2.24) is 25.6 Å². The summed E-state index contributed by atoms with van der Waals surface area (Å²) >= 11 is 12.1. The third-order valence-electron chi connectivity index (χ3n) is 3.08. The lowest BCUT2D eigenvalue weighted by Gasteiger charge is -2.02. The van der Waals surface area contributed by atoms with Crippen LogP contribution in [0.3, 0.4) is 0 Å². The SMILES string of the molecule is Nc1nnnn1CC(=O)NN=Cc1ccc(-c2cccc(Cl)c2Cl)o1. The van der Waals surface area contributed by atoms with Crippen molar-refractivity contribution >= 4 is 41.3 Å². The van der Waals surface area contributed by atoms with Crippen molar-refractivity contribution in [2.75, 3.05) is 5.73 Å². The molecule has 0 aliphatic heterocycles. The van der Waals surface area contributed by atoms with E-state index in [0.29, 0.717) is 27.1 Å². The number of aromatic nitrogens is 4. The number of halogens is 2. The minimum absolute atomic E-state index is 0.0354. The van der Waals surface area contributed by atoms with Crippen molar-refractivity contribution in [2.24, 2.45) is 5.10 Å². The number of hydrogen-bond donors (Lipinski definition) is 2. The Bertz CT molecular complexity index is 935. The number of nitrogens with zero attached hydrogens (tertiary/aromatic N) is 5. The number of nitrogens with one attached hydrogen (secondary N) is 1. The molecule has 1 amide bonds. The van der Waals surface area contributed by atoms with Gasteiger partial charge in [0.15, 0.2) is 0 Å². The Morgan fingerprint density at radius 2 is 2.20 bits per heavy atom. The molecule has 0 unspecified atom stereocenters. The standard InChI is InChI=1S/C14H11Cl2N7O2/c15-10-3-1-2-9(13(10)16)11-5-4-8(25-11)6-18-19-12(24)7-23-14(17)20-21-22-23/h1-6H,7H2,(H,19,24)(H2,17,20,22). The molecule has 2 heterocycles. The molecule has 0 spiro atoms. The highest BCUT2D eigenvalue weighted by atomic mass is 35.5. The fraction of sp³-hybridized carbons (Fsp3) is 0.0714. The second-order valence-electron chi connectivity index (χ2n) is 4.79. The number of nitrogen functional groups attached to an aromatic ring is 1.